The van der Waals surface area contributed by atoms with Crippen LogP contribution in [0.25, 0.3) is 0 Å². The van der Waals surface area contributed by atoms with Crippen LogP contribution in [0.15, 0.2) is 48.5 Å². The summed E-state index contributed by atoms with van der Waals surface area (Å²) in [4.78, 5) is 37.8. The molecule has 0 saturated carbocycles. The minimum atomic E-state index is -0.845. The maximum Gasteiger partial charge on any atom is 0.266 e. The van der Waals surface area contributed by atoms with Crippen molar-refractivity contribution in [1.82, 2.24) is 10.9 Å². The van der Waals surface area contributed by atoms with Gasteiger partial charge in [-0.25, -0.2) is 10.3 Å². The Morgan fingerprint density at radius 1 is 1.08 bits per heavy atom. The van der Waals surface area contributed by atoms with Crippen LogP contribution in [0.2, 0.25) is 10.0 Å². The third kappa shape index (κ3) is 3.66. The molecule has 2 N–H and O–H groups in total. The molecule has 8 heteroatoms. The summed E-state index contributed by atoms with van der Waals surface area (Å²) < 4.78 is 0. The predicted molar refractivity (Wildman–Crippen MR) is 94.4 cm³/mol. The minimum absolute atomic E-state index is 0.0532. The van der Waals surface area contributed by atoms with E-state index in [4.69, 9.17) is 23.2 Å². The zero-order valence-corrected chi connectivity index (χ0v) is 14.3. The number of nitrogens with zero attached hydrogens (tertiary/aromatic N) is 1. The van der Waals surface area contributed by atoms with Gasteiger partial charge < -0.3 is 0 Å². The van der Waals surface area contributed by atoms with Crippen LogP contribution in [0.1, 0.15) is 16.8 Å². The maximum atomic E-state index is 12.4. The van der Waals surface area contributed by atoms with Gasteiger partial charge in [-0.15, -0.1) is 0 Å². The first-order valence-electron chi connectivity index (χ1n) is 7.40. The molecule has 6 nitrogen and oxygen atoms in total. The van der Waals surface area contributed by atoms with E-state index in [-0.39, 0.29) is 22.9 Å². The largest absolute Gasteiger partial charge is 0.287 e. The first-order chi connectivity index (χ1) is 12.0. The van der Waals surface area contributed by atoms with Crippen molar-refractivity contribution in [3.8, 4) is 0 Å². The van der Waals surface area contributed by atoms with Crippen molar-refractivity contribution in [2.24, 2.45) is 0 Å². The third-order valence-corrected chi connectivity index (χ3v) is 4.24. The van der Waals surface area contributed by atoms with Gasteiger partial charge in [0.1, 0.15) is 6.04 Å². The average molecular weight is 378 g/mol. The van der Waals surface area contributed by atoms with E-state index in [9.17, 15) is 14.4 Å². The molecule has 2 aromatic carbocycles. The Balaban J connectivity index is 1.67. The Kier molecular flexibility index (Phi) is 5.03. The Morgan fingerprint density at radius 3 is 2.48 bits per heavy atom. The van der Waals surface area contributed by atoms with Gasteiger partial charge in [0.15, 0.2) is 0 Å². The maximum absolute atomic E-state index is 12.4. The number of hydrogen-bond donors (Lipinski definition) is 2. The number of nitrogens with one attached hydrogen (secondary N) is 2. The number of anilines is 1. The smallest absolute Gasteiger partial charge is 0.266 e. The highest BCUT2D eigenvalue weighted by Gasteiger charge is 2.39. The fourth-order valence-electron chi connectivity index (χ4n) is 2.49. The fraction of sp³-hybridized carbons (Fsp3) is 0.118. The van der Waals surface area contributed by atoms with Crippen molar-refractivity contribution in [1.29, 1.82) is 0 Å². The highest BCUT2D eigenvalue weighted by atomic mass is 35.5. The first kappa shape index (κ1) is 17.4. The molecule has 0 spiro atoms. The van der Waals surface area contributed by atoms with E-state index in [0.717, 1.165) is 4.90 Å². The topological polar surface area (TPSA) is 78.5 Å². The lowest BCUT2D eigenvalue weighted by Gasteiger charge is -2.16. The molecule has 2 aromatic rings. The second-order valence-corrected chi connectivity index (χ2v) is 6.23. The first-order valence-corrected chi connectivity index (χ1v) is 8.15. The molecule has 0 unspecified atom stereocenters. The Morgan fingerprint density at radius 2 is 1.80 bits per heavy atom. The van der Waals surface area contributed by atoms with Crippen molar-refractivity contribution < 1.29 is 14.4 Å². The molecule has 0 radical (unpaired) electrons. The number of carbonyl (C=O) groups excluding carboxylic acids is 3. The lowest BCUT2D eigenvalue weighted by atomic mass is 10.2. The van der Waals surface area contributed by atoms with Crippen LogP contribution in [0.4, 0.5) is 5.69 Å². The molecular weight excluding hydrogens is 365 g/mol. The van der Waals surface area contributed by atoms with Crippen LogP contribution >= 0.6 is 23.2 Å². The predicted octanol–water partition coefficient (Wildman–Crippen LogP) is 2.56. The average Bonchev–Trinajstić information content (AvgIpc) is 2.87. The molecule has 3 amide bonds. The van der Waals surface area contributed by atoms with Gasteiger partial charge in [-0.05, 0) is 30.3 Å². The summed E-state index contributed by atoms with van der Waals surface area (Å²) in [5.41, 5.74) is 5.70. The second kappa shape index (κ2) is 7.23. The Hall–Kier alpha value is -2.41. The van der Waals surface area contributed by atoms with Crippen LogP contribution < -0.4 is 15.8 Å². The summed E-state index contributed by atoms with van der Waals surface area (Å²) in [6.45, 7) is 0. The number of hydrogen-bond acceptors (Lipinski definition) is 4. The van der Waals surface area contributed by atoms with Crippen LogP contribution in [0, 0.1) is 0 Å². The van der Waals surface area contributed by atoms with Gasteiger partial charge in [-0.3, -0.25) is 19.8 Å². The molecule has 1 heterocycles. The van der Waals surface area contributed by atoms with Gasteiger partial charge in [0.2, 0.25) is 5.91 Å². The molecule has 1 fully saturated rings. The third-order valence-electron chi connectivity index (χ3n) is 3.70. The summed E-state index contributed by atoms with van der Waals surface area (Å²) in [7, 11) is 0. The molecule has 0 bridgehead atoms. The normalized spacial score (nSPS) is 17.0. The zero-order chi connectivity index (χ0) is 18.0. The zero-order valence-electron chi connectivity index (χ0n) is 12.8. The monoisotopic (exact) mass is 377 g/mol. The van der Waals surface area contributed by atoms with E-state index in [2.05, 4.69) is 10.9 Å². The highest BCUT2D eigenvalue weighted by Crippen LogP contribution is 2.23. The molecule has 0 aliphatic carbocycles. The highest BCUT2D eigenvalue weighted by molar-refractivity contribution is 6.36. The number of rotatable bonds is 4. The van der Waals surface area contributed by atoms with Gasteiger partial charge in [-0.1, -0.05) is 41.4 Å². The van der Waals surface area contributed by atoms with E-state index in [1.807, 2.05) is 0 Å². The van der Waals surface area contributed by atoms with Crippen LogP contribution in [-0.4, -0.2) is 23.8 Å². The number of imide groups is 1. The van der Waals surface area contributed by atoms with Crippen LogP contribution in [0.3, 0.4) is 0 Å². The molecular formula is C17H13Cl2N3O3. The van der Waals surface area contributed by atoms with Crippen molar-refractivity contribution in [3.05, 3.63) is 64.1 Å². The van der Waals surface area contributed by atoms with Crippen molar-refractivity contribution in [3.63, 3.8) is 0 Å². The van der Waals surface area contributed by atoms with E-state index < -0.39 is 17.9 Å². The quantitative estimate of drug-likeness (QED) is 0.633. The lowest BCUT2D eigenvalue weighted by Crippen LogP contribution is -2.48. The summed E-state index contributed by atoms with van der Waals surface area (Å²) in [5.74, 6) is -1.30. The summed E-state index contributed by atoms with van der Waals surface area (Å²) in [6, 6.07) is 12.2. The number of para-hydroxylation sites is 1. The van der Waals surface area contributed by atoms with Crippen molar-refractivity contribution in [2.45, 2.75) is 12.5 Å². The standard InChI is InChI=1S/C17H13Cl2N3O3/c18-10-6-7-12(13(19)8-10)16(24)21-20-14-9-15(23)22(17(14)25)11-4-2-1-3-5-11/h1-8,14,20H,9H2,(H,21,24)/t14-/m1/s1. The summed E-state index contributed by atoms with van der Waals surface area (Å²) >= 11 is 11.8. The number of hydrazine groups is 1. The van der Waals surface area contributed by atoms with Gasteiger partial charge in [0, 0.05) is 5.02 Å². The Bertz CT molecular complexity index is 842. The molecule has 128 valence electrons. The van der Waals surface area contributed by atoms with Crippen molar-refractivity contribution in [2.75, 3.05) is 4.90 Å². The van der Waals surface area contributed by atoms with Gasteiger partial charge >= 0.3 is 0 Å². The second-order valence-electron chi connectivity index (χ2n) is 5.38. The summed E-state index contributed by atoms with van der Waals surface area (Å²) in [5, 5.41) is 0.594. The molecule has 0 aromatic heterocycles. The number of carbonyl (C=O) groups is 3. The lowest BCUT2D eigenvalue weighted by molar-refractivity contribution is -0.121. The van der Waals surface area contributed by atoms with E-state index in [0.29, 0.717) is 10.7 Å². The van der Waals surface area contributed by atoms with Crippen LogP contribution in [0.5, 0.6) is 0 Å². The van der Waals surface area contributed by atoms with Crippen molar-refractivity contribution >= 4 is 46.6 Å². The van der Waals surface area contributed by atoms with E-state index in [1.165, 1.54) is 18.2 Å². The Labute approximate surface area is 153 Å². The van der Waals surface area contributed by atoms with E-state index >= 15 is 0 Å². The van der Waals surface area contributed by atoms with Crippen LogP contribution in [-0.2, 0) is 9.59 Å². The van der Waals surface area contributed by atoms with Gasteiger partial charge in [-0.2, -0.15) is 0 Å². The molecule has 1 aliphatic heterocycles. The minimum Gasteiger partial charge on any atom is -0.287 e. The SMILES string of the molecule is O=C(NN[C@@H]1CC(=O)N(c2ccccc2)C1=O)c1ccc(Cl)cc1Cl. The van der Waals surface area contributed by atoms with E-state index in [1.54, 1.807) is 30.3 Å². The molecule has 3 rings (SSSR count). The molecule has 25 heavy (non-hydrogen) atoms. The number of benzene rings is 2. The van der Waals surface area contributed by atoms with Gasteiger partial charge in [0.25, 0.3) is 11.8 Å². The van der Waals surface area contributed by atoms with Gasteiger partial charge in [0.05, 0.1) is 22.7 Å². The molecule has 1 saturated heterocycles. The number of halogens is 2. The molecule has 1 atom stereocenters. The molecule has 1 aliphatic rings. The number of amides is 3. The fourth-order valence-corrected chi connectivity index (χ4v) is 2.98. The summed E-state index contributed by atoms with van der Waals surface area (Å²) in [6.07, 6.45) is -0.0532.